The molecular formula is C9H12FNO. The zero-order valence-electron chi connectivity index (χ0n) is 6.92. The number of hydrogen-bond donors (Lipinski definition) is 2. The van der Waals surface area contributed by atoms with Crippen LogP contribution in [0, 0.1) is 5.82 Å². The van der Waals surface area contributed by atoms with Crippen molar-refractivity contribution in [3.63, 3.8) is 0 Å². The Morgan fingerprint density at radius 1 is 1.58 bits per heavy atom. The molecule has 0 radical (unpaired) electrons. The minimum atomic E-state index is -0.369. The highest BCUT2D eigenvalue weighted by Gasteiger charge is 2.09. The maximum absolute atomic E-state index is 12.7. The molecule has 0 bridgehead atoms. The molecule has 3 N–H and O–H groups in total. The fraction of sp³-hybridized carbons (Fsp3) is 0.333. The Labute approximate surface area is 70.8 Å². The van der Waals surface area contributed by atoms with Crippen molar-refractivity contribution in [3.05, 3.63) is 29.6 Å². The van der Waals surface area contributed by atoms with Gasteiger partial charge in [-0.05, 0) is 24.6 Å². The number of aromatic hydroxyl groups is 1. The fourth-order valence-electron chi connectivity index (χ4n) is 1.04. The number of phenols is 1. The van der Waals surface area contributed by atoms with Gasteiger partial charge in [-0.25, -0.2) is 4.39 Å². The van der Waals surface area contributed by atoms with E-state index in [0.29, 0.717) is 12.0 Å². The van der Waals surface area contributed by atoms with Gasteiger partial charge >= 0.3 is 0 Å². The molecule has 0 aliphatic rings. The van der Waals surface area contributed by atoms with Gasteiger partial charge in [0.25, 0.3) is 0 Å². The van der Waals surface area contributed by atoms with Crippen molar-refractivity contribution in [2.24, 2.45) is 5.73 Å². The topological polar surface area (TPSA) is 46.2 Å². The molecule has 0 aromatic heterocycles. The molecule has 3 heteroatoms. The molecule has 12 heavy (non-hydrogen) atoms. The van der Waals surface area contributed by atoms with Crippen LogP contribution in [0.3, 0.4) is 0 Å². The number of hydrogen-bond acceptors (Lipinski definition) is 2. The molecule has 1 atom stereocenters. The molecule has 0 fully saturated rings. The van der Waals surface area contributed by atoms with E-state index < -0.39 is 0 Å². The standard InChI is InChI=1S/C9H12FNO/c1-2-8(11)7-5-6(10)3-4-9(7)12/h3-5,8,12H,2,11H2,1H3. The van der Waals surface area contributed by atoms with E-state index in [2.05, 4.69) is 0 Å². The van der Waals surface area contributed by atoms with E-state index in [-0.39, 0.29) is 17.6 Å². The lowest BCUT2D eigenvalue weighted by Gasteiger charge is -2.10. The third-order valence-corrected chi connectivity index (χ3v) is 1.83. The molecule has 66 valence electrons. The summed E-state index contributed by atoms with van der Waals surface area (Å²) >= 11 is 0. The second-order valence-electron chi connectivity index (χ2n) is 2.72. The van der Waals surface area contributed by atoms with Crippen LogP contribution in [0.4, 0.5) is 4.39 Å². The smallest absolute Gasteiger partial charge is 0.123 e. The Kier molecular flexibility index (Phi) is 2.65. The van der Waals surface area contributed by atoms with Crippen LogP contribution in [0.25, 0.3) is 0 Å². The molecule has 1 rings (SSSR count). The van der Waals surface area contributed by atoms with Crippen LogP contribution in [0.2, 0.25) is 0 Å². The van der Waals surface area contributed by atoms with Gasteiger partial charge in [0.1, 0.15) is 11.6 Å². The van der Waals surface area contributed by atoms with Crippen LogP contribution in [0.1, 0.15) is 24.9 Å². The number of nitrogens with two attached hydrogens (primary N) is 1. The summed E-state index contributed by atoms with van der Waals surface area (Å²) < 4.78 is 12.7. The summed E-state index contributed by atoms with van der Waals surface area (Å²) in [6.45, 7) is 1.88. The average Bonchev–Trinajstić information content (AvgIpc) is 2.08. The first kappa shape index (κ1) is 9.00. The molecule has 1 unspecified atom stereocenters. The Bertz CT molecular complexity index is 275. The Hall–Kier alpha value is -1.09. The van der Waals surface area contributed by atoms with Gasteiger partial charge in [0, 0.05) is 11.6 Å². The SMILES string of the molecule is CCC(N)c1cc(F)ccc1O. The molecule has 0 saturated carbocycles. The van der Waals surface area contributed by atoms with E-state index in [4.69, 9.17) is 5.73 Å². The Morgan fingerprint density at radius 2 is 2.25 bits per heavy atom. The van der Waals surface area contributed by atoms with Crippen LogP contribution in [-0.4, -0.2) is 5.11 Å². The first-order chi connectivity index (χ1) is 5.65. The minimum Gasteiger partial charge on any atom is -0.508 e. The van der Waals surface area contributed by atoms with Crippen molar-refractivity contribution in [1.82, 2.24) is 0 Å². The first-order valence-corrected chi connectivity index (χ1v) is 3.89. The second kappa shape index (κ2) is 3.54. The lowest BCUT2D eigenvalue weighted by atomic mass is 10.0. The van der Waals surface area contributed by atoms with Crippen LogP contribution >= 0.6 is 0 Å². The lowest BCUT2D eigenvalue weighted by Crippen LogP contribution is -2.08. The zero-order chi connectivity index (χ0) is 9.14. The molecule has 0 heterocycles. The van der Waals surface area contributed by atoms with E-state index in [1.807, 2.05) is 6.92 Å². The third kappa shape index (κ3) is 1.74. The maximum Gasteiger partial charge on any atom is 0.123 e. The van der Waals surface area contributed by atoms with Crippen LogP contribution in [0.15, 0.2) is 18.2 Å². The van der Waals surface area contributed by atoms with Gasteiger partial charge in [0.2, 0.25) is 0 Å². The van der Waals surface area contributed by atoms with Crippen molar-refractivity contribution < 1.29 is 9.50 Å². The Balaban J connectivity index is 3.04. The summed E-state index contributed by atoms with van der Waals surface area (Å²) in [5, 5.41) is 9.29. The molecule has 0 aliphatic carbocycles. The van der Waals surface area contributed by atoms with Crippen molar-refractivity contribution in [1.29, 1.82) is 0 Å². The molecule has 0 aliphatic heterocycles. The quantitative estimate of drug-likeness (QED) is 0.710. The molecule has 1 aromatic carbocycles. The molecular weight excluding hydrogens is 157 g/mol. The van der Waals surface area contributed by atoms with Gasteiger partial charge in [-0.15, -0.1) is 0 Å². The molecule has 0 spiro atoms. The fourth-order valence-corrected chi connectivity index (χ4v) is 1.04. The number of phenolic OH excluding ortho intramolecular Hbond substituents is 1. The van der Waals surface area contributed by atoms with Gasteiger partial charge in [-0.1, -0.05) is 6.92 Å². The maximum atomic E-state index is 12.7. The zero-order valence-corrected chi connectivity index (χ0v) is 6.92. The second-order valence-corrected chi connectivity index (χ2v) is 2.72. The highest BCUT2D eigenvalue weighted by atomic mass is 19.1. The normalized spacial score (nSPS) is 12.9. The van der Waals surface area contributed by atoms with Gasteiger partial charge < -0.3 is 10.8 Å². The minimum absolute atomic E-state index is 0.0609. The van der Waals surface area contributed by atoms with Gasteiger partial charge in [-0.3, -0.25) is 0 Å². The van der Waals surface area contributed by atoms with Crippen molar-refractivity contribution >= 4 is 0 Å². The first-order valence-electron chi connectivity index (χ1n) is 3.89. The molecule has 1 aromatic rings. The van der Waals surface area contributed by atoms with Gasteiger partial charge in [0.05, 0.1) is 0 Å². The predicted molar refractivity (Wildman–Crippen MR) is 45.3 cm³/mol. The molecule has 0 saturated heterocycles. The summed E-state index contributed by atoms with van der Waals surface area (Å²) in [7, 11) is 0. The summed E-state index contributed by atoms with van der Waals surface area (Å²) in [5.74, 6) is -0.308. The monoisotopic (exact) mass is 169 g/mol. The Morgan fingerprint density at radius 3 is 2.83 bits per heavy atom. The summed E-state index contributed by atoms with van der Waals surface area (Å²) in [6.07, 6.45) is 0.678. The van der Waals surface area contributed by atoms with Crippen molar-refractivity contribution in [2.45, 2.75) is 19.4 Å². The predicted octanol–water partition coefficient (Wildman–Crippen LogP) is 1.94. The number of halogens is 1. The largest absolute Gasteiger partial charge is 0.508 e. The van der Waals surface area contributed by atoms with E-state index in [1.54, 1.807) is 0 Å². The van der Waals surface area contributed by atoms with Gasteiger partial charge in [0.15, 0.2) is 0 Å². The molecule has 0 amide bonds. The third-order valence-electron chi connectivity index (χ3n) is 1.83. The average molecular weight is 169 g/mol. The lowest BCUT2D eigenvalue weighted by molar-refractivity contribution is 0.457. The van der Waals surface area contributed by atoms with Gasteiger partial charge in [-0.2, -0.15) is 0 Å². The van der Waals surface area contributed by atoms with Crippen LogP contribution in [0.5, 0.6) is 5.75 Å². The highest BCUT2D eigenvalue weighted by molar-refractivity contribution is 5.34. The van der Waals surface area contributed by atoms with Crippen LogP contribution < -0.4 is 5.73 Å². The van der Waals surface area contributed by atoms with Crippen molar-refractivity contribution in [2.75, 3.05) is 0 Å². The van der Waals surface area contributed by atoms with E-state index in [9.17, 15) is 9.50 Å². The molecule has 2 nitrogen and oxygen atoms in total. The number of benzene rings is 1. The number of rotatable bonds is 2. The summed E-state index contributed by atoms with van der Waals surface area (Å²) in [6, 6.07) is 3.51. The van der Waals surface area contributed by atoms with Crippen molar-refractivity contribution in [3.8, 4) is 5.75 Å². The van der Waals surface area contributed by atoms with E-state index in [0.717, 1.165) is 0 Å². The van der Waals surface area contributed by atoms with Crippen LogP contribution in [-0.2, 0) is 0 Å². The summed E-state index contributed by atoms with van der Waals surface area (Å²) in [4.78, 5) is 0. The summed E-state index contributed by atoms with van der Waals surface area (Å²) in [5.41, 5.74) is 6.11. The van der Waals surface area contributed by atoms with E-state index >= 15 is 0 Å². The van der Waals surface area contributed by atoms with E-state index in [1.165, 1.54) is 18.2 Å². The highest BCUT2D eigenvalue weighted by Crippen LogP contribution is 2.24.